The molecule has 0 bridgehead atoms. The van der Waals surface area contributed by atoms with Gasteiger partial charge in [-0.25, -0.2) is 0 Å². The van der Waals surface area contributed by atoms with Crippen molar-refractivity contribution in [3.05, 3.63) is 54.1 Å². The van der Waals surface area contributed by atoms with E-state index in [1.54, 1.807) is 6.07 Å². The molecular formula is C21H24F3N. The predicted molar refractivity (Wildman–Crippen MR) is 96.8 cm³/mol. The molecule has 0 spiro atoms. The summed E-state index contributed by atoms with van der Waals surface area (Å²) >= 11 is 0. The van der Waals surface area contributed by atoms with Crippen molar-refractivity contribution in [1.82, 2.24) is 0 Å². The highest BCUT2D eigenvalue weighted by atomic mass is 19.4. The maximum atomic E-state index is 13.7. The summed E-state index contributed by atoms with van der Waals surface area (Å²) in [4.78, 5) is 1.93. The lowest BCUT2D eigenvalue weighted by atomic mass is 10.0. The standard InChI is InChI=1S/C21H24F3N/c22-21(23,24)19-16-18(17-10-6-5-7-11-17)12-13-20(19)25-14-8-3-1-2-4-9-15-25/h5-7,10-13,16H,1-4,8-9,14-15H2. The summed E-state index contributed by atoms with van der Waals surface area (Å²) in [7, 11) is 0. The smallest absolute Gasteiger partial charge is 0.371 e. The van der Waals surface area contributed by atoms with E-state index in [0.29, 0.717) is 24.3 Å². The highest BCUT2D eigenvalue weighted by Crippen LogP contribution is 2.39. The molecule has 0 aromatic heterocycles. The predicted octanol–water partition coefficient (Wildman–Crippen LogP) is 6.53. The van der Waals surface area contributed by atoms with Gasteiger partial charge < -0.3 is 4.90 Å². The van der Waals surface area contributed by atoms with Crippen LogP contribution in [0.4, 0.5) is 18.9 Å². The van der Waals surface area contributed by atoms with Gasteiger partial charge in [0.1, 0.15) is 0 Å². The van der Waals surface area contributed by atoms with Crippen molar-refractivity contribution >= 4 is 5.69 Å². The lowest BCUT2D eigenvalue weighted by Crippen LogP contribution is -2.28. The molecule has 1 aliphatic rings. The zero-order valence-corrected chi connectivity index (χ0v) is 14.4. The molecule has 1 nitrogen and oxygen atoms in total. The summed E-state index contributed by atoms with van der Waals surface area (Å²) in [6, 6.07) is 14.0. The van der Waals surface area contributed by atoms with Gasteiger partial charge in [0.2, 0.25) is 0 Å². The van der Waals surface area contributed by atoms with Gasteiger partial charge in [0.25, 0.3) is 0 Å². The first-order valence-corrected chi connectivity index (χ1v) is 9.07. The van der Waals surface area contributed by atoms with Gasteiger partial charge in [0.15, 0.2) is 0 Å². The van der Waals surface area contributed by atoms with E-state index in [-0.39, 0.29) is 0 Å². The molecule has 0 N–H and O–H groups in total. The molecule has 1 heterocycles. The van der Waals surface area contributed by atoms with Crippen LogP contribution in [0.1, 0.15) is 44.1 Å². The second kappa shape index (κ2) is 7.94. The van der Waals surface area contributed by atoms with Gasteiger partial charge >= 0.3 is 6.18 Å². The zero-order chi connectivity index (χ0) is 17.7. The number of rotatable bonds is 2. The van der Waals surface area contributed by atoms with E-state index < -0.39 is 11.7 Å². The Labute approximate surface area is 147 Å². The minimum Gasteiger partial charge on any atom is -0.371 e. The minimum atomic E-state index is -4.35. The van der Waals surface area contributed by atoms with Crippen LogP contribution in [0.5, 0.6) is 0 Å². The van der Waals surface area contributed by atoms with Gasteiger partial charge in [-0.3, -0.25) is 0 Å². The fraction of sp³-hybridized carbons (Fsp3) is 0.429. The number of anilines is 1. The molecule has 0 atom stereocenters. The fourth-order valence-corrected chi connectivity index (χ4v) is 3.51. The first kappa shape index (κ1) is 17.8. The Balaban J connectivity index is 1.97. The first-order chi connectivity index (χ1) is 12.1. The van der Waals surface area contributed by atoms with Crippen LogP contribution in [0.25, 0.3) is 11.1 Å². The van der Waals surface area contributed by atoms with Crippen LogP contribution >= 0.6 is 0 Å². The van der Waals surface area contributed by atoms with E-state index in [9.17, 15) is 13.2 Å². The van der Waals surface area contributed by atoms with E-state index in [2.05, 4.69) is 0 Å². The van der Waals surface area contributed by atoms with Gasteiger partial charge in [0.05, 0.1) is 5.56 Å². The number of benzene rings is 2. The molecule has 0 unspecified atom stereocenters. The van der Waals surface area contributed by atoms with Gasteiger partial charge in [-0.1, -0.05) is 62.1 Å². The highest BCUT2D eigenvalue weighted by molar-refractivity contribution is 5.69. The maximum absolute atomic E-state index is 13.7. The molecule has 3 rings (SSSR count). The number of hydrogen-bond donors (Lipinski definition) is 0. The number of halogens is 3. The van der Waals surface area contributed by atoms with Crippen molar-refractivity contribution < 1.29 is 13.2 Å². The van der Waals surface area contributed by atoms with Crippen LogP contribution < -0.4 is 4.90 Å². The van der Waals surface area contributed by atoms with Crippen LogP contribution in [0.3, 0.4) is 0 Å². The van der Waals surface area contributed by atoms with Crippen molar-refractivity contribution in [3.8, 4) is 11.1 Å². The van der Waals surface area contributed by atoms with Crippen LogP contribution in [0, 0.1) is 0 Å². The molecule has 1 fully saturated rings. The average Bonchev–Trinajstić information content (AvgIpc) is 2.75. The van der Waals surface area contributed by atoms with Crippen LogP contribution in [-0.2, 0) is 6.18 Å². The Morgan fingerprint density at radius 3 is 1.88 bits per heavy atom. The molecular weight excluding hydrogens is 323 g/mol. The Hall–Kier alpha value is -1.97. The SMILES string of the molecule is FC(F)(F)c1cc(-c2ccccc2)ccc1N1CCCCCCCC1. The summed E-state index contributed by atoms with van der Waals surface area (Å²) in [6.07, 6.45) is 2.13. The molecule has 0 amide bonds. The molecule has 1 saturated heterocycles. The van der Waals surface area contributed by atoms with Crippen LogP contribution in [0.2, 0.25) is 0 Å². The fourth-order valence-electron chi connectivity index (χ4n) is 3.51. The van der Waals surface area contributed by atoms with Crippen molar-refractivity contribution in [1.29, 1.82) is 0 Å². The van der Waals surface area contributed by atoms with Gasteiger partial charge in [-0.15, -0.1) is 0 Å². The molecule has 2 aromatic rings. The van der Waals surface area contributed by atoms with Crippen LogP contribution in [-0.4, -0.2) is 13.1 Å². The molecule has 2 aromatic carbocycles. The van der Waals surface area contributed by atoms with E-state index in [0.717, 1.165) is 31.2 Å². The number of hydrogen-bond acceptors (Lipinski definition) is 1. The third-order valence-corrected chi connectivity index (χ3v) is 4.86. The molecule has 0 saturated carbocycles. The summed E-state index contributed by atoms with van der Waals surface area (Å²) in [5.41, 5.74) is 1.23. The maximum Gasteiger partial charge on any atom is 0.418 e. The Morgan fingerprint density at radius 2 is 1.28 bits per heavy atom. The monoisotopic (exact) mass is 347 g/mol. The minimum absolute atomic E-state index is 0.328. The lowest BCUT2D eigenvalue weighted by Gasteiger charge is -2.28. The second-order valence-corrected chi connectivity index (χ2v) is 6.70. The summed E-state index contributed by atoms with van der Waals surface area (Å²) in [6.45, 7) is 1.40. The average molecular weight is 347 g/mol. The van der Waals surface area contributed by atoms with E-state index in [4.69, 9.17) is 0 Å². The van der Waals surface area contributed by atoms with E-state index in [1.165, 1.54) is 18.9 Å². The van der Waals surface area contributed by atoms with Gasteiger partial charge in [-0.05, 0) is 36.1 Å². The Bertz CT molecular complexity index is 669. The largest absolute Gasteiger partial charge is 0.418 e. The molecule has 25 heavy (non-hydrogen) atoms. The van der Waals surface area contributed by atoms with E-state index in [1.807, 2.05) is 41.3 Å². The summed E-state index contributed by atoms with van der Waals surface area (Å²) < 4.78 is 41.2. The molecule has 0 radical (unpaired) electrons. The molecule has 0 aliphatic carbocycles. The van der Waals surface area contributed by atoms with Crippen molar-refractivity contribution in [2.75, 3.05) is 18.0 Å². The zero-order valence-electron chi connectivity index (χ0n) is 14.4. The quantitative estimate of drug-likeness (QED) is 0.597. The number of nitrogens with zero attached hydrogens (tertiary/aromatic N) is 1. The van der Waals surface area contributed by atoms with Crippen LogP contribution in [0.15, 0.2) is 48.5 Å². The van der Waals surface area contributed by atoms with E-state index >= 15 is 0 Å². The van der Waals surface area contributed by atoms with Crippen molar-refractivity contribution in [2.24, 2.45) is 0 Å². The summed E-state index contributed by atoms with van der Waals surface area (Å²) in [5.74, 6) is 0. The van der Waals surface area contributed by atoms with Gasteiger partial charge in [-0.2, -0.15) is 13.2 Å². The third kappa shape index (κ3) is 4.56. The topological polar surface area (TPSA) is 3.24 Å². The Morgan fingerprint density at radius 1 is 0.680 bits per heavy atom. The molecule has 4 heteroatoms. The normalized spacial score (nSPS) is 16.8. The molecule has 1 aliphatic heterocycles. The number of alkyl halides is 3. The highest BCUT2D eigenvalue weighted by Gasteiger charge is 2.35. The molecule has 134 valence electrons. The van der Waals surface area contributed by atoms with Crippen molar-refractivity contribution in [3.63, 3.8) is 0 Å². The third-order valence-electron chi connectivity index (χ3n) is 4.86. The van der Waals surface area contributed by atoms with Gasteiger partial charge in [0, 0.05) is 18.8 Å². The second-order valence-electron chi connectivity index (χ2n) is 6.70. The van der Waals surface area contributed by atoms with Crippen molar-refractivity contribution in [2.45, 2.75) is 44.7 Å². The first-order valence-electron chi connectivity index (χ1n) is 9.07. The summed E-state index contributed by atoms with van der Waals surface area (Å²) in [5, 5.41) is 0. The lowest BCUT2D eigenvalue weighted by molar-refractivity contribution is -0.137. The Kier molecular flexibility index (Phi) is 5.67.